The van der Waals surface area contributed by atoms with Crippen LogP contribution in [0.5, 0.6) is 0 Å². The number of hydrogen-bond donors (Lipinski definition) is 1. The van der Waals surface area contributed by atoms with Gasteiger partial charge in [0, 0.05) is 16.0 Å². The van der Waals surface area contributed by atoms with Crippen molar-refractivity contribution >= 4 is 23.4 Å². The van der Waals surface area contributed by atoms with Gasteiger partial charge in [0.1, 0.15) is 0 Å². The van der Waals surface area contributed by atoms with E-state index in [9.17, 15) is 4.79 Å². The molecule has 0 aliphatic carbocycles. The first-order valence-electron chi connectivity index (χ1n) is 7.51. The highest BCUT2D eigenvalue weighted by Gasteiger charge is 2.11. The molecule has 4 nitrogen and oxygen atoms in total. The molecule has 5 heteroatoms. The van der Waals surface area contributed by atoms with Crippen molar-refractivity contribution in [2.45, 2.75) is 11.8 Å². The van der Waals surface area contributed by atoms with Crippen LogP contribution < -0.4 is 5.32 Å². The average Bonchev–Trinajstić information content (AvgIpc) is 2.63. The van der Waals surface area contributed by atoms with Crippen LogP contribution in [-0.2, 0) is 0 Å². The number of carbonyl (C=O) groups is 1. The Morgan fingerprint density at radius 2 is 1.75 bits per heavy atom. The van der Waals surface area contributed by atoms with Gasteiger partial charge in [-0.05, 0) is 30.9 Å². The van der Waals surface area contributed by atoms with Gasteiger partial charge >= 0.3 is 0 Å². The van der Waals surface area contributed by atoms with Gasteiger partial charge in [-0.2, -0.15) is 0 Å². The molecule has 0 saturated heterocycles. The van der Waals surface area contributed by atoms with Gasteiger partial charge in [-0.15, -0.1) is 11.8 Å². The third-order valence-electron chi connectivity index (χ3n) is 3.63. The Morgan fingerprint density at radius 1 is 1.04 bits per heavy atom. The normalized spacial score (nSPS) is 10.4. The molecule has 0 spiro atoms. The summed E-state index contributed by atoms with van der Waals surface area (Å²) in [5, 5.41) is 2.86. The first-order chi connectivity index (χ1) is 11.7. The summed E-state index contributed by atoms with van der Waals surface area (Å²) >= 11 is 1.61. The highest BCUT2D eigenvalue weighted by Crippen LogP contribution is 2.20. The SMILES string of the molecule is CSc1ccc(C)c(C(=O)Nc2cnc(-c3ccccc3)nc2)c1. The minimum Gasteiger partial charge on any atom is -0.319 e. The molecule has 0 aliphatic rings. The maximum absolute atomic E-state index is 12.5. The molecule has 0 bridgehead atoms. The predicted molar refractivity (Wildman–Crippen MR) is 98.4 cm³/mol. The highest BCUT2D eigenvalue weighted by atomic mass is 32.2. The Bertz CT molecular complexity index is 848. The number of hydrogen-bond acceptors (Lipinski definition) is 4. The maximum Gasteiger partial charge on any atom is 0.256 e. The fourth-order valence-corrected chi connectivity index (χ4v) is 2.74. The number of rotatable bonds is 4. The molecule has 3 rings (SSSR count). The van der Waals surface area contributed by atoms with Gasteiger partial charge in [0.2, 0.25) is 0 Å². The third kappa shape index (κ3) is 3.63. The number of aryl methyl sites for hydroxylation is 1. The Hall–Kier alpha value is -2.66. The van der Waals surface area contributed by atoms with Crippen molar-refractivity contribution in [1.29, 1.82) is 0 Å². The smallest absolute Gasteiger partial charge is 0.256 e. The van der Waals surface area contributed by atoms with Gasteiger partial charge in [-0.3, -0.25) is 4.79 Å². The second-order valence-electron chi connectivity index (χ2n) is 5.30. The van der Waals surface area contributed by atoms with Crippen molar-refractivity contribution in [1.82, 2.24) is 9.97 Å². The van der Waals surface area contributed by atoms with E-state index in [-0.39, 0.29) is 5.91 Å². The second kappa shape index (κ2) is 7.27. The van der Waals surface area contributed by atoms with E-state index in [1.165, 1.54) is 0 Å². The second-order valence-corrected chi connectivity index (χ2v) is 6.18. The fourth-order valence-electron chi connectivity index (χ4n) is 2.30. The average molecular weight is 335 g/mol. The Kier molecular flexibility index (Phi) is 4.91. The molecule has 2 aromatic carbocycles. The van der Waals surface area contributed by atoms with Crippen LogP contribution >= 0.6 is 11.8 Å². The van der Waals surface area contributed by atoms with E-state index in [1.54, 1.807) is 24.2 Å². The summed E-state index contributed by atoms with van der Waals surface area (Å²) in [6, 6.07) is 15.6. The summed E-state index contributed by atoms with van der Waals surface area (Å²) in [4.78, 5) is 22.2. The summed E-state index contributed by atoms with van der Waals surface area (Å²) in [6.07, 6.45) is 5.24. The number of anilines is 1. The minimum absolute atomic E-state index is 0.153. The van der Waals surface area contributed by atoms with Crippen LogP contribution in [-0.4, -0.2) is 22.1 Å². The van der Waals surface area contributed by atoms with Crippen molar-refractivity contribution in [3.63, 3.8) is 0 Å². The van der Waals surface area contributed by atoms with Gasteiger partial charge in [-0.1, -0.05) is 36.4 Å². The Balaban J connectivity index is 1.78. The van der Waals surface area contributed by atoms with E-state index in [4.69, 9.17) is 0 Å². The van der Waals surface area contributed by atoms with E-state index in [1.807, 2.05) is 61.7 Å². The molecule has 0 radical (unpaired) electrons. The lowest BCUT2D eigenvalue weighted by atomic mass is 10.1. The van der Waals surface area contributed by atoms with Crippen LogP contribution in [0, 0.1) is 6.92 Å². The molecule has 24 heavy (non-hydrogen) atoms. The first-order valence-corrected chi connectivity index (χ1v) is 8.73. The van der Waals surface area contributed by atoms with Crippen molar-refractivity contribution in [3.05, 3.63) is 72.1 Å². The van der Waals surface area contributed by atoms with E-state index >= 15 is 0 Å². The van der Waals surface area contributed by atoms with Crippen LogP contribution in [0.4, 0.5) is 5.69 Å². The third-order valence-corrected chi connectivity index (χ3v) is 4.36. The van der Waals surface area contributed by atoms with E-state index in [0.29, 0.717) is 17.1 Å². The molecule has 0 atom stereocenters. The van der Waals surface area contributed by atoms with Crippen molar-refractivity contribution in [2.24, 2.45) is 0 Å². The zero-order valence-electron chi connectivity index (χ0n) is 13.5. The number of aromatic nitrogens is 2. The standard InChI is InChI=1S/C19H17N3OS/c1-13-8-9-16(24-2)10-17(13)19(23)22-15-11-20-18(21-12-15)14-6-4-3-5-7-14/h3-12H,1-2H3,(H,22,23). The van der Waals surface area contributed by atoms with Crippen LogP contribution in [0.3, 0.4) is 0 Å². The number of nitrogens with one attached hydrogen (secondary N) is 1. The molecule has 1 aromatic heterocycles. The van der Waals surface area contributed by atoms with Gasteiger partial charge in [-0.25, -0.2) is 9.97 Å². The van der Waals surface area contributed by atoms with E-state index in [0.717, 1.165) is 16.0 Å². The minimum atomic E-state index is -0.153. The topological polar surface area (TPSA) is 54.9 Å². The lowest BCUT2D eigenvalue weighted by Gasteiger charge is -2.09. The summed E-state index contributed by atoms with van der Waals surface area (Å²) < 4.78 is 0. The Morgan fingerprint density at radius 3 is 2.42 bits per heavy atom. The quantitative estimate of drug-likeness (QED) is 0.717. The summed E-state index contributed by atoms with van der Waals surface area (Å²) in [5.41, 5.74) is 3.12. The highest BCUT2D eigenvalue weighted by molar-refractivity contribution is 7.98. The van der Waals surface area contributed by atoms with Gasteiger partial charge in [0.15, 0.2) is 5.82 Å². The van der Waals surface area contributed by atoms with E-state index in [2.05, 4.69) is 15.3 Å². The summed E-state index contributed by atoms with van der Waals surface area (Å²) in [5.74, 6) is 0.480. The first kappa shape index (κ1) is 16.2. The number of amides is 1. The molecule has 1 amide bonds. The summed E-state index contributed by atoms with van der Waals surface area (Å²) in [7, 11) is 0. The van der Waals surface area contributed by atoms with Crippen LogP contribution in [0.15, 0.2) is 65.8 Å². The monoisotopic (exact) mass is 335 g/mol. The van der Waals surface area contributed by atoms with Gasteiger partial charge < -0.3 is 5.32 Å². The molecule has 3 aromatic rings. The molecule has 120 valence electrons. The largest absolute Gasteiger partial charge is 0.319 e. The molecular weight excluding hydrogens is 318 g/mol. The van der Waals surface area contributed by atoms with Crippen LogP contribution in [0.1, 0.15) is 15.9 Å². The van der Waals surface area contributed by atoms with Gasteiger partial charge in [0.25, 0.3) is 5.91 Å². The lowest BCUT2D eigenvalue weighted by molar-refractivity contribution is 0.102. The zero-order chi connectivity index (χ0) is 16.9. The fraction of sp³-hybridized carbons (Fsp3) is 0.105. The molecule has 1 heterocycles. The number of nitrogens with zero attached hydrogens (tertiary/aromatic N) is 2. The number of thioether (sulfide) groups is 1. The van der Waals surface area contributed by atoms with Crippen molar-refractivity contribution in [2.75, 3.05) is 11.6 Å². The maximum atomic E-state index is 12.5. The zero-order valence-corrected chi connectivity index (χ0v) is 14.3. The molecule has 1 N–H and O–H groups in total. The summed E-state index contributed by atoms with van der Waals surface area (Å²) in [6.45, 7) is 1.92. The molecular formula is C19H17N3OS. The predicted octanol–water partition coefficient (Wildman–Crippen LogP) is 4.43. The van der Waals surface area contributed by atoms with Crippen molar-refractivity contribution in [3.8, 4) is 11.4 Å². The molecule has 0 aliphatic heterocycles. The van der Waals surface area contributed by atoms with Gasteiger partial charge in [0.05, 0.1) is 18.1 Å². The molecule has 0 unspecified atom stereocenters. The van der Waals surface area contributed by atoms with Crippen LogP contribution in [0.25, 0.3) is 11.4 Å². The van der Waals surface area contributed by atoms with Crippen LogP contribution in [0.2, 0.25) is 0 Å². The lowest BCUT2D eigenvalue weighted by Crippen LogP contribution is -2.14. The van der Waals surface area contributed by atoms with Crippen molar-refractivity contribution < 1.29 is 4.79 Å². The molecule has 0 fully saturated rings. The number of benzene rings is 2. The van der Waals surface area contributed by atoms with E-state index < -0.39 is 0 Å². The molecule has 0 saturated carbocycles. The Labute approximate surface area is 145 Å². The number of carbonyl (C=O) groups excluding carboxylic acids is 1.